The van der Waals surface area contributed by atoms with Gasteiger partial charge in [-0.25, -0.2) is 0 Å². The fourth-order valence-corrected chi connectivity index (χ4v) is 4.64. The van der Waals surface area contributed by atoms with E-state index in [4.69, 9.17) is 0 Å². The summed E-state index contributed by atoms with van der Waals surface area (Å²) in [7, 11) is 2.22. The van der Waals surface area contributed by atoms with Crippen LogP contribution in [0, 0.1) is 0 Å². The SMILES string of the molecule is CN1CCN(CCCN2c3ccccc3Sc3ccccc32)CC1.Cl.Cl. The molecule has 0 unspecified atom stereocenters. The quantitative estimate of drug-likeness (QED) is 0.715. The number of piperazine rings is 1. The first-order chi connectivity index (χ1) is 11.8. The van der Waals surface area contributed by atoms with Crippen molar-refractivity contribution >= 4 is 48.0 Å². The van der Waals surface area contributed by atoms with E-state index in [0.717, 1.165) is 6.54 Å². The first-order valence-electron chi connectivity index (χ1n) is 8.85. The van der Waals surface area contributed by atoms with Crippen LogP contribution >= 0.6 is 36.6 Å². The molecule has 2 aromatic carbocycles. The summed E-state index contributed by atoms with van der Waals surface area (Å²) < 4.78 is 0. The van der Waals surface area contributed by atoms with Gasteiger partial charge in [0.2, 0.25) is 0 Å². The van der Waals surface area contributed by atoms with Crippen LogP contribution in [0.5, 0.6) is 0 Å². The Morgan fingerprint density at radius 3 is 1.88 bits per heavy atom. The van der Waals surface area contributed by atoms with Crippen molar-refractivity contribution < 1.29 is 0 Å². The summed E-state index contributed by atoms with van der Waals surface area (Å²) in [6.45, 7) is 7.10. The predicted octanol–water partition coefficient (Wildman–Crippen LogP) is 4.77. The van der Waals surface area contributed by atoms with Crippen molar-refractivity contribution in [1.29, 1.82) is 0 Å². The van der Waals surface area contributed by atoms with E-state index in [0.29, 0.717) is 0 Å². The molecular formula is C20H27Cl2N3S. The molecule has 0 saturated carbocycles. The highest BCUT2D eigenvalue weighted by Gasteiger charge is 2.22. The van der Waals surface area contributed by atoms with Gasteiger partial charge in [-0.3, -0.25) is 0 Å². The number of hydrogen-bond donors (Lipinski definition) is 0. The lowest BCUT2D eigenvalue weighted by Crippen LogP contribution is -2.45. The molecule has 26 heavy (non-hydrogen) atoms. The van der Waals surface area contributed by atoms with Crippen LogP contribution in [0.25, 0.3) is 0 Å². The van der Waals surface area contributed by atoms with Crippen LogP contribution in [0.3, 0.4) is 0 Å². The first-order valence-corrected chi connectivity index (χ1v) is 9.67. The monoisotopic (exact) mass is 411 g/mol. The molecule has 1 fully saturated rings. The molecular weight excluding hydrogens is 385 g/mol. The number of halogens is 2. The highest BCUT2D eigenvalue weighted by atomic mass is 35.5. The molecule has 0 radical (unpaired) electrons. The molecule has 0 bridgehead atoms. The van der Waals surface area contributed by atoms with Crippen molar-refractivity contribution in [1.82, 2.24) is 9.80 Å². The van der Waals surface area contributed by atoms with E-state index < -0.39 is 0 Å². The van der Waals surface area contributed by atoms with Gasteiger partial charge in [0.15, 0.2) is 0 Å². The van der Waals surface area contributed by atoms with Crippen LogP contribution < -0.4 is 4.90 Å². The predicted molar refractivity (Wildman–Crippen MR) is 117 cm³/mol. The normalized spacial score (nSPS) is 16.9. The van der Waals surface area contributed by atoms with Gasteiger partial charge in [0.05, 0.1) is 11.4 Å². The average Bonchev–Trinajstić information content (AvgIpc) is 2.63. The number of hydrogen-bond acceptors (Lipinski definition) is 4. The standard InChI is InChI=1S/C20H25N3S.2ClH/c1-21-13-15-22(16-14-21)11-6-12-23-17-7-2-4-9-19(17)24-20-10-5-3-8-18(20)23;;/h2-5,7-10H,6,11-16H2,1H3;2*1H. The molecule has 4 rings (SSSR count). The van der Waals surface area contributed by atoms with Crippen molar-refractivity contribution in [3.05, 3.63) is 48.5 Å². The summed E-state index contributed by atoms with van der Waals surface area (Å²) in [5.41, 5.74) is 2.72. The minimum Gasteiger partial charge on any atom is -0.340 e. The minimum absolute atomic E-state index is 0. The number of fused-ring (bicyclic) bond motifs is 2. The van der Waals surface area contributed by atoms with Crippen LogP contribution in [0.1, 0.15) is 6.42 Å². The molecule has 0 aromatic heterocycles. The maximum absolute atomic E-state index is 2.61. The van der Waals surface area contributed by atoms with Gasteiger partial charge in [-0.05, 0) is 44.3 Å². The second-order valence-corrected chi connectivity index (χ2v) is 7.77. The first kappa shape index (κ1) is 21.4. The lowest BCUT2D eigenvalue weighted by atomic mass is 10.2. The molecule has 2 heterocycles. The third-order valence-electron chi connectivity index (χ3n) is 4.98. The Bertz CT molecular complexity index is 659. The Morgan fingerprint density at radius 2 is 1.31 bits per heavy atom. The number of para-hydroxylation sites is 2. The lowest BCUT2D eigenvalue weighted by Gasteiger charge is -2.35. The maximum atomic E-state index is 2.61. The molecule has 0 N–H and O–H groups in total. The number of anilines is 2. The Labute approximate surface area is 173 Å². The zero-order valence-electron chi connectivity index (χ0n) is 15.1. The van der Waals surface area contributed by atoms with E-state index in [1.54, 1.807) is 0 Å². The van der Waals surface area contributed by atoms with Gasteiger partial charge in [-0.15, -0.1) is 24.8 Å². The van der Waals surface area contributed by atoms with Crippen LogP contribution in [-0.2, 0) is 0 Å². The van der Waals surface area contributed by atoms with E-state index in [1.165, 1.54) is 60.3 Å². The fraction of sp³-hybridized carbons (Fsp3) is 0.400. The fourth-order valence-electron chi connectivity index (χ4n) is 3.55. The Hall–Kier alpha value is -0.910. The summed E-state index contributed by atoms with van der Waals surface area (Å²) in [6.07, 6.45) is 1.21. The number of benzene rings is 2. The third-order valence-corrected chi connectivity index (χ3v) is 6.11. The Kier molecular flexibility index (Phi) is 8.11. The van der Waals surface area contributed by atoms with E-state index >= 15 is 0 Å². The van der Waals surface area contributed by atoms with Crippen molar-refractivity contribution in [2.24, 2.45) is 0 Å². The lowest BCUT2D eigenvalue weighted by molar-refractivity contribution is 0.153. The molecule has 2 aliphatic heterocycles. The molecule has 6 heteroatoms. The Balaban J connectivity index is 0.00000121. The summed E-state index contributed by atoms with van der Waals surface area (Å²) >= 11 is 1.89. The van der Waals surface area contributed by atoms with Crippen molar-refractivity contribution in [2.45, 2.75) is 16.2 Å². The molecule has 2 aliphatic rings. The molecule has 3 nitrogen and oxygen atoms in total. The third kappa shape index (κ3) is 4.68. The minimum atomic E-state index is 0. The van der Waals surface area contributed by atoms with Gasteiger partial charge in [0, 0.05) is 42.5 Å². The van der Waals surface area contributed by atoms with Crippen molar-refractivity contribution in [2.75, 3.05) is 51.2 Å². The number of rotatable bonds is 4. The van der Waals surface area contributed by atoms with Gasteiger partial charge < -0.3 is 14.7 Å². The maximum Gasteiger partial charge on any atom is 0.0552 e. The molecule has 0 aliphatic carbocycles. The van der Waals surface area contributed by atoms with Gasteiger partial charge in [0.1, 0.15) is 0 Å². The molecule has 142 valence electrons. The van der Waals surface area contributed by atoms with Gasteiger partial charge in [-0.2, -0.15) is 0 Å². The van der Waals surface area contributed by atoms with Crippen molar-refractivity contribution in [3.63, 3.8) is 0 Å². The second kappa shape index (κ2) is 9.86. The number of nitrogens with zero attached hydrogens (tertiary/aromatic N) is 3. The average molecular weight is 412 g/mol. The van der Waals surface area contributed by atoms with Crippen molar-refractivity contribution in [3.8, 4) is 0 Å². The van der Waals surface area contributed by atoms with Gasteiger partial charge in [-0.1, -0.05) is 36.0 Å². The Morgan fingerprint density at radius 1 is 0.769 bits per heavy atom. The van der Waals surface area contributed by atoms with E-state index in [-0.39, 0.29) is 24.8 Å². The van der Waals surface area contributed by atoms with Crippen LogP contribution in [0.2, 0.25) is 0 Å². The highest BCUT2D eigenvalue weighted by Crippen LogP contribution is 2.47. The topological polar surface area (TPSA) is 9.72 Å². The zero-order valence-corrected chi connectivity index (χ0v) is 17.6. The largest absolute Gasteiger partial charge is 0.340 e. The smallest absolute Gasteiger partial charge is 0.0552 e. The molecule has 2 aromatic rings. The second-order valence-electron chi connectivity index (χ2n) is 6.69. The molecule has 1 saturated heterocycles. The van der Waals surface area contributed by atoms with E-state index in [2.05, 4.69) is 70.3 Å². The molecule has 0 amide bonds. The number of likely N-dealkylation sites (N-methyl/N-ethyl adjacent to an activating group) is 1. The molecule has 0 atom stereocenters. The van der Waals surface area contributed by atoms with Gasteiger partial charge in [0.25, 0.3) is 0 Å². The summed E-state index contributed by atoms with van der Waals surface area (Å²) in [5, 5.41) is 0. The van der Waals surface area contributed by atoms with E-state index in [9.17, 15) is 0 Å². The van der Waals surface area contributed by atoms with Gasteiger partial charge >= 0.3 is 0 Å². The summed E-state index contributed by atoms with van der Waals surface area (Å²) in [6, 6.07) is 17.6. The molecule has 0 spiro atoms. The highest BCUT2D eigenvalue weighted by molar-refractivity contribution is 7.99. The van der Waals surface area contributed by atoms with Crippen LogP contribution in [0.4, 0.5) is 11.4 Å². The summed E-state index contributed by atoms with van der Waals surface area (Å²) in [5.74, 6) is 0. The zero-order chi connectivity index (χ0) is 16.4. The van der Waals surface area contributed by atoms with Crippen LogP contribution in [0.15, 0.2) is 58.3 Å². The summed E-state index contributed by atoms with van der Waals surface area (Å²) in [4.78, 5) is 10.3. The van der Waals surface area contributed by atoms with E-state index in [1.807, 2.05) is 11.8 Å². The van der Waals surface area contributed by atoms with Crippen LogP contribution in [-0.4, -0.2) is 56.1 Å².